The number of methoxy groups -OCH3 is 1. The van der Waals surface area contributed by atoms with Crippen molar-refractivity contribution in [3.05, 3.63) is 18.5 Å². The summed E-state index contributed by atoms with van der Waals surface area (Å²) in [4.78, 5) is 7.98. The molecule has 0 unspecified atom stereocenters. The molecule has 1 aromatic rings. The largest absolute Gasteiger partial charge is 0.478 e. The Morgan fingerprint density at radius 1 is 1.67 bits per heavy atom. The van der Waals surface area contributed by atoms with Gasteiger partial charge in [-0.05, 0) is 12.5 Å². The maximum atomic E-state index is 5.47. The van der Waals surface area contributed by atoms with Gasteiger partial charge in [0.05, 0.1) is 19.0 Å². The lowest BCUT2D eigenvalue weighted by molar-refractivity contribution is 0.398. The zero-order valence-corrected chi connectivity index (χ0v) is 7.16. The van der Waals surface area contributed by atoms with Crippen molar-refractivity contribution in [2.75, 3.05) is 12.8 Å². The summed E-state index contributed by atoms with van der Waals surface area (Å²) in [5.41, 5.74) is 7.00. The molecule has 1 heterocycles. The van der Waals surface area contributed by atoms with Gasteiger partial charge in [0.1, 0.15) is 0 Å². The Morgan fingerprint density at radius 2 is 2.33 bits per heavy atom. The minimum absolute atomic E-state index is 0.294. The molecule has 0 saturated carbocycles. The molecule has 0 amide bonds. The van der Waals surface area contributed by atoms with Crippen molar-refractivity contribution in [2.24, 2.45) is 0 Å². The highest BCUT2D eigenvalue weighted by atomic mass is 16.5. The Morgan fingerprint density at radius 3 is 2.83 bits per heavy atom. The van der Waals surface area contributed by atoms with Crippen molar-refractivity contribution in [3.8, 4) is 5.88 Å². The molecule has 4 heteroatoms. The second kappa shape index (κ2) is 3.21. The van der Waals surface area contributed by atoms with Crippen LogP contribution in [-0.4, -0.2) is 17.1 Å². The molecule has 0 aromatic carbocycles. The first-order chi connectivity index (χ1) is 5.65. The molecule has 0 bridgehead atoms. The minimum Gasteiger partial charge on any atom is -0.478 e. The van der Waals surface area contributed by atoms with E-state index >= 15 is 0 Å². The van der Waals surface area contributed by atoms with Gasteiger partial charge >= 0.3 is 0 Å². The number of aromatic nitrogens is 2. The van der Waals surface area contributed by atoms with Gasteiger partial charge in [0.2, 0.25) is 0 Å². The standard InChI is InChI=1S/C8H11N3O/c1-5(2)6-4-10-7(9)8(11-6)12-3/h4H,1H2,2-3H3,(H2,9,10). The van der Waals surface area contributed by atoms with E-state index < -0.39 is 0 Å². The molecule has 0 aliphatic rings. The zero-order valence-electron chi connectivity index (χ0n) is 7.16. The predicted molar refractivity (Wildman–Crippen MR) is 47.7 cm³/mol. The highest BCUT2D eigenvalue weighted by molar-refractivity contribution is 5.58. The molecule has 1 aromatic heterocycles. The van der Waals surface area contributed by atoms with E-state index in [9.17, 15) is 0 Å². The van der Waals surface area contributed by atoms with Crippen LogP contribution in [0.2, 0.25) is 0 Å². The lowest BCUT2D eigenvalue weighted by Gasteiger charge is -2.03. The first-order valence-corrected chi connectivity index (χ1v) is 3.47. The molecule has 0 saturated heterocycles. The molecule has 0 atom stereocenters. The molecule has 0 radical (unpaired) electrons. The van der Waals surface area contributed by atoms with E-state index in [1.165, 1.54) is 7.11 Å². The third-order valence-corrected chi connectivity index (χ3v) is 1.40. The van der Waals surface area contributed by atoms with Gasteiger partial charge in [0, 0.05) is 0 Å². The second-order valence-corrected chi connectivity index (χ2v) is 2.43. The van der Waals surface area contributed by atoms with E-state index in [4.69, 9.17) is 10.5 Å². The van der Waals surface area contributed by atoms with Crippen molar-refractivity contribution < 1.29 is 4.74 Å². The third-order valence-electron chi connectivity index (χ3n) is 1.40. The summed E-state index contributed by atoms with van der Waals surface area (Å²) in [6, 6.07) is 0. The predicted octanol–water partition coefficient (Wildman–Crippen LogP) is 1.10. The van der Waals surface area contributed by atoms with Crippen molar-refractivity contribution >= 4 is 11.4 Å². The van der Waals surface area contributed by atoms with Gasteiger partial charge in [-0.3, -0.25) is 0 Å². The van der Waals surface area contributed by atoms with Crippen LogP contribution in [0.25, 0.3) is 5.57 Å². The van der Waals surface area contributed by atoms with E-state index in [1.807, 2.05) is 6.92 Å². The third kappa shape index (κ3) is 1.53. The number of rotatable bonds is 2. The number of hydrogen-bond donors (Lipinski definition) is 1. The highest BCUT2D eigenvalue weighted by Crippen LogP contribution is 2.17. The molecule has 0 aliphatic carbocycles. The molecule has 2 N–H and O–H groups in total. The SMILES string of the molecule is C=C(C)c1cnc(N)c(OC)n1. The molecular weight excluding hydrogens is 154 g/mol. The van der Waals surface area contributed by atoms with Gasteiger partial charge < -0.3 is 10.5 Å². The molecular formula is C8H11N3O. The van der Waals surface area contributed by atoms with Crippen LogP contribution in [0.1, 0.15) is 12.6 Å². The van der Waals surface area contributed by atoms with Gasteiger partial charge in [-0.2, -0.15) is 0 Å². The van der Waals surface area contributed by atoms with E-state index in [-0.39, 0.29) is 0 Å². The number of allylic oxidation sites excluding steroid dienone is 1. The molecule has 64 valence electrons. The summed E-state index contributed by atoms with van der Waals surface area (Å²) < 4.78 is 4.90. The smallest absolute Gasteiger partial charge is 0.257 e. The van der Waals surface area contributed by atoms with E-state index in [0.29, 0.717) is 17.4 Å². The Hall–Kier alpha value is -1.58. The normalized spacial score (nSPS) is 9.50. The summed E-state index contributed by atoms with van der Waals surface area (Å²) in [6.07, 6.45) is 1.57. The molecule has 4 nitrogen and oxygen atoms in total. The Kier molecular flexibility index (Phi) is 2.28. The maximum absolute atomic E-state index is 5.47. The molecule has 0 fully saturated rings. The quantitative estimate of drug-likeness (QED) is 0.712. The van der Waals surface area contributed by atoms with Crippen LogP contribution in [0.15, 0.2) is 12.8 Å². The topological polar surface area (TPSA) is 61.0 Å². The summed E-state index contributed by atoms with van der Waals surface area (Å²) in [7, 11) is 1.50. The van der Waals surface area contributed by atoms with Crippen LogP contribution >= 0.6 is 0 Å². The van der Waals surface area contributed by atoms with Gasteiger partial charge in [-0.25, -0.2) is 9.97 Å². The number of nitrogens with two attached hydrogens (primary N) is 1. The fourth-order valence-corrected chi connectivity index (χ4v) is 0.737. The van der Waals surface area contributed by atoms with Gasteiger partial charge in [-0.1, -0.05) is 6.58 Å². The van der Waals surface area contributed by atoms with E-state index in [2.05, 4.69) is 16.5 Å². The molecule has 12 heavy (non-hydrogen) atoms. The van der Waals surface area contributed by atoms with Gasteiger partial charge in [-0.15, -0.1) is 0 Å². The lowest BCUT2D eigenvalue weighted by Crippen LogP contribution is -2.00. The molecule has 0 aliphatic heterocycles. The Labute approximate surface area is 71.1 Å². The minimum atomic E-state index is 0.294. The molecule has 1 rings (SSSR count). The van der Waals surface area contributed by atoms with Crippen molar-refractivity contribution in [1.29, 1.82) is 0 Å². The molecule has 0 spiro atoms. The Balaban J connectivity index is 3.13. The number of nitrogen functional groups attached to an aromatic ring is 1. The van der Waals surface area contributed by atoms with Crippen molar-refractivity contribution in [2.45, 2.75) is 6.92 Å². The zero-order chi connectivity index (χ0) is 9.14. The highest BCUT2D eigenvalue weighted by Gasteiger charge is 2.03. The van der Waals surface area contributed by atoms with E-state index in [1.54, 1.807) is 6.20 Å². The first-order valence-electron chi connectivity index (χ1n) is 3.47. The van der Waals surface area contributed by atoms with Gasteiger partial charge in [0.25, 0.3) is 5.88 Å². The maximum Gasteiger partial charge on any atom is 0.257 e. The van der Waals surface area contributed by atoms with Crippen molar-refractivity contribution in [1.82, 2.24) is 9.97 Å². The summed E-state index contributed by atoms with van der Waals surface area (Å²) in [5, 5.41) is 0. The number of nitrogens with zero attached hydrogens (tertiary/aromatic N) is 2. The van der Waals surface area contributed by atoms with Gasteiger partial charge in [0.15, 0.2) is 5.82 Å². The number of hydrogen-bond acceptors (Lipinski definition) is 4. The van der Waals surface area contributed by atoms with Crippen LogP contribution < -0.4 is 10.5 Å². The summed E-state index contributed by atoms with van der Waals surface area (Å²) in [5.74, 6) is 0.637. The lowest BCUT2D eigenvalue weighted by atomic mass is 10.2. The monoisotopic (exact) mass is 165 g/mol. The fraction of sp³-hybridized carbons (Fsp3) is 0.250. The fourth-order valence-electron chi connectivity index (χ4n) is 0.737. The van der Waals surface area contributed by atoms with E-state index in [0.717, 1.165) is 5.57 Å². The number of anilines is 1. The average molecular weight is 165 g/mol. The van der Waals surface area contributed by atoms with Crippen LogP contribution in [0.4, 0.5) is 5.82 Å². The number of ether oxygens (including phenoxy) is 1. The van der Waals surface area contributed by atoms with Crippen LogP contribution in [-0.2, 0) is 0 Å². The second-order valence-electron chi connectivity index (χ2n) is 2.43. The average Bonchev–Trinajstić information content (AvgIpc) is 2.05. The summed E-state index contributed by atoms with van der Waals surface area (Å²) >= 11 is 0. The van der Waals surface area contributed by atoms with Crippen molar-refractivity contribution in [3.63, 3.8) is 0 Å². The summed E-state index contributed by atoms with van der Waals surface area (Å²) in [6.45, 7) is 5.58. The van der Waals surface area contributed by atoms with Crippen LogP contribution in [0.3, 0.4) is 0 Å². The first kappa shape index (κ1) is 8.52. The van der Waals surface area contributed by atoms with Crippen LogP contribution in [0.5, 0.6) is 5.88 Å². The van der Waals surface area contributed by atoms with Crippen LogP contribution in [0, 0.1) is 0 Å². The Bertz CT molecular complexity index is 309.